The van der Waals surface area contributed by atoms with Gasteiger partial charge in [0.05, 0.1) is 16.9 Å². The topological polar surface area (TPSA) is 84.2 Å². The number of aromatic nitrogens is 2. The number of halogens is 1. The Morgan fingerprint density at radius 1 is 1.38 bits per heavy atom. The number of carbonyl (C=O) groups excluding carboxylic acids is 1. The van der Waals surface area contributed by atoms with Gasteiger partial charge in [-0.15, -0.1) is 0 Å². The Labute approximate surface area is 129 Å². The summed E-state index contributed by atoms with van der Waals surface area (Å²) in [6.07, 6.45) is 4.54. The standard InChI is InChI=1S/C14H12BrN3O3/c1-18-10(6-7-16-18)3-5-13(19)17-12-4-2-9(15)8-11(12)14(20)21/h2-8H,1H3,(H,17,19)(H,20,21). The van der Waals surface area contributed by atoms with Crippen LogP contribution in [0.4, 0.5) is 5.69 Å². The maximum absolute atomic E-state index is 11.8. The van der Waals surface area contributed by atoms with Gasteiger partial charge >= 0.3 is 5.97 Å². The lowest BCUT2D eigenvalue weighted by atomic mass is 10.2. The molecule has 0 unspecified atom stereocenters. The number of carbonyl (C=O) groups is 2. The number of carboxylic acid groups (broad SMARTS) is 1. The monoisotopic (exact) mass is 349 g/mol. The number of aromatic carboxylic acids is 1. The summed E-state index contributed by atoms with van der Waals surface area (Å²) in [5.74, 6) is -1.52. The highest BCUT2D eigenvalue weighted by Gasteiger charge is 2.12. The van der Waals surface area contributed by atoms with Gasteiger partial charge in [-0.2, -0.15) is 5.10 Å². The summed E-state index contributed by atoms with van der Waals surface area (Å²) in [7, 11) is 1.76. The van der Waals surface area contributed by atoms with E-state index in [0.29, 0.717) is 4.47 Å². The van der Waals surface area contributed by atoms with E-state index in [2.05, 4.69) is 26.3 Å². The molecule has 1 aromatic carbocycles. The molecular formula is C14H12BrN3O3. The van der Waals surface area contributed by atoms with E-state index in [1.165, 1.54) is 18.2 Å². The Balaban J connectivity index is 2.15. The maximum atomic E-state index is 11.8. The largest absolute Gasteiger partial charge is 0.478 e. The molecule has 0 fully saturated rings. The van der Waals surface area contributed by atoms with Crippen LogP contribution in [0.25, 0.3) is 6.08 Å². The van der Waals surface area contributed by atoms with E-state index in [1.54, 1.807) is 36.1 Å². The van der Waals surface area contributed by atoms with Crippen molar-refractivity contribution in [2.45, 2.75) is 0 Å². The number of hydrogen-bond acceptors (Lipinski definition) is 3. The molecule has 2 rings (SSSR count). The lowest BCUT2D eigenvalue weighted by Gasteiger charge is -2.07. The van der Waals surface area contributed by atoms with E-state index in [0.717, 1.165) is 5.69 Å². The van der Waals surface area contributed by atoms with Crippen LogP contribution in [0.5, 0.6) is 0 Å². The summed E-state index contributed by atoms with van der Waals surface area (Å²) < 4.78 is 2.25. The third kappa shape index (κ3) is 3.79. The summed E-state index contributed by atoms with van der Waals surface area (Å²) in [5, 5.41) is 15.6. The molecule has 1 amide bonds. The van der Waals surface area contributed by atoms with Gasteiger partial charge < -0.3 is 10.4 Å². The summed E-state index contributed by atoms with van der Waals surface area (Å²) in [4.78, 5) is 23.0. The number of rotatable bonds is 4. The first kappa shape index (κ1) is 15.0. The molecule has 7 heteroatoms. The Hall–Kier alpha value is -2.41. The third-order valence-corrected chi connectivity index (χ3v) is 3.23. The lowest BCUT2D eigenvalue weighted by molar-refractivity contribution is -0.111. The number of aryl methyl sites for hydroxylation is 1. The molecule has 6 nitrogen and oxygen atoms in total. The quantitative estimate of drug-likeness (QED) is 0.830. The smallest absolute Gasteiger partial charge is 0.337 e. The van der Waals surface area contributed by atoms with Crippen molar-refractivity contribution >= 4 is 39.6 Å². The average Bonchev–Trinajstić information content (AvgIpc) is 2.84. The van der Waals surface area contributed by atoms with Crippen LogP contribution >= 0.6 is 15.9 Å². The first-order valence-electron chi connectivity index (χ1n) is 5.97. The van der Waals surface area contributed by atoms with Crippen molar-refractivity contribution in [2.24, 2.45) is 7.05 Å². The molecular weight excluding hydrogens is 338 g/mol. The summed E-state index contributed by atoms with van der Waals surface area (Å²) in [6.45, 7) is 0. The van der Waals surface area contributed by atoms with Crippen LogP contribution in [-0.2, 0) is 11.8 Å². The van der Waals surface area contributed by atoms with Gasteiger partial charge in [-0.1, -0.05) is 15.9 Å². The minimum atomic E-state index is -1.11. The molecule has 0 saturated carbocycles. The first-order valence-corrected chi connectivity index (χ1v) is 6.76. The number of carboxylic acids is 1. The summed E-state index contributed by atoms with van der Waals surface area (Å²) >= 11 is 3.20. The molecule has 0 aliphatic carbocycles. The van der Waals surface area contributed by atoms with Crippen molar-refractivity contribution in [1.29, 1.82) is 0 Å². The predicted octanol–water partition coefficient (Wildman–Crippen LogP) is 2.53. The highest BCUT2D eigenvalue weighted by Crippen LogP contribution is 2.21. The van der Waals surface area contributed by atoms with Crippen LogP contribution < -0.4 is 5.32 Å². The van der Waals surface area contributed by atoms with Gasteiger partial charge in [0.25, 0.3) is 0 Å². The highest BCUT2D eigenvalue weighted by atomic mass is 79.9. The number of benzene rings is 1. The Morgan fingerprint density at radius 2 is 2.14 bits per heavy atom. The van der Waals surface area contributed by atoms with E-state index in [9.17, 15) is 9.59 Å². The van der Waals surface area contributed by atoms with Crippen molar-refractivity contribution < 1.29 is 14.7 Å². The van der Waals surface area contributed by atoms with Crippen molar-refractivity contribution in [2.75, 3.05) is 5.32 Å². The lowest BCUT2D eigenvalue weighted by Crippen LogP contribution is -2.12. The van der Waals surface area contributed by atoms with Gasteiger partial charge in [0, 0.05) is 23.8 Å². The number of hydrogen-bond donors (Lipinski definition) is 2. The van der Waals surface area contributed by atoms with Gasteiger partial charge in [-0.05, 0) is 30.3 Å². The summed E-state index contributed by atoms with van der Waals surface area (Å²) in [5.41, 5.74) is 1.02. The zero-order valence-corrected chi connectivity index (χ0v) is 12.7. The molecule has 2 aromatic rings. The second kappa shape index (κ2) is 6.36. The van der Waals surface area contributed by atoms with Crippen LogP contribution in [0.3, 0.4) is 0 Å². The van der Waals surface area contributed by atoms with E-state index in [1.807, 2.05) is 0 Å². The fourth-order valence-electron chi connectivity index (χ4n) is 1.69. The molecule has 21 heavy (non-hydrogen) atoms. The third-order valence-electron chi connectivity index (χ3n) is 2.73. The fraction of sp³-hybridized carbons (Fsp3) is 0.0714. The van der Waals surface area contributed by atoms with Gasteiger partial charge in [-0.3, -0.25) is 9.48 Å². The molecule has 0 bridgehead atoms. The Bertz CT molecular complexity index is 722. The highest BCUT2D eigenvalue weighted by molar-refractivity contribution is 9.10. The van der Waals surface area contributed by atoms with Gasteiger partial charge in [0.2, 0.25) is 5.91 Å². The van der Waals surface area contributed by atoms with Crippen LogP contribution in [0.2, 0.25) is 0 Å². The number of nitrogens with one attached hydrogen (secondary N) is 1. The van der Waals surface area contributed by atoms with Gasteiger partial charge in [0.1, 0.15) is 0 Å². The van der Waals surface area contributed by atoms with Gasteiger partial charge in [-0.25, -0.2) is 4.79 Å². The Morgan fingerprint density at radius 3 is 2.76 bits per heavy atom. The second-order valence-corrected chi connectivity index (χ2v) is 5.11. The van der Waals surface area contributed by atoms with Crippen LogP contribution in [-0.4, -0.2) is 26.8 Å². The predicted molar refractivity (Wildman–Crippen MR) is 82.0 cm³/mol. The molecule has 1 heterocycles. The zero-order valence-electron chi connectivity index (χ0n) is 11.1. The maximum Gasteiger partial charge on any atom is 0.337 e. The molecule has 0 aliphatic rings. The Kier molecular flexibility index (Phi) is 4.54. The molecule has 0 aliphatic heterocycles. The van der Waals surface area contributed by atoms with E-state index < -0.39 is 11.9 Å². The van der Waals surface area contributed by atoms with Crippen LogP contribution in [0.15, 0.2) is 41.0 Å². The van der Waals surface area contributed by atoms with E-state index in [4.69, 9.17) is 5.11 Å². The van der Waals surface area contributed by atoms with E-state index in [-0.39, 0.29) is 11.3 Å². The van der Waals surface area contributed by atoms with E-state index >= 15 is 0 Å². The zero-order chi connectivity index (χ0) is 15.4. The molecule has 2 N–H and O–H groups in total. The molecule has 0 spiro atoms. The molecule has 0 saturated heterocycles. The fourth-order valence-corrected chi connectivity index (χ4v) is 2.05. The van der Waals surface area contributed by atoms with Crippen molar-refractivity contribution in [1.82, 2.24) is 9.78 Å². The normalized spacial score (nSPS) is 10.8. The van der Waals surface area contributed by atoms with Crippen LogP contribution in [0.1, 0.15) is 16.1 Å². The minimum Gasteiger partial charge on any atom is -0.478 e. The molecule has 0 atom stereocenters. The number of nitrogens with zero attached hydrogens (tertiary/aromatic N) is 2. The average molecular weight is 350 g/mol. The second-order valence-electron chi connectivity index (χ2n) is 4.20. The van der Waals surface area contributed by atoms with Crippen molar-refractivity contribution in [3.05, 3.63) is 52.3 Å². The number of amides is 1. The van der Waals surface area contributed by atoms with Crippen LogP contribution in [0, 0.1) is 0 Å². The molecule has 1 aromatic heterocycles. The molecule has 0 radical (unpaired) electrons. The number of anilines is 1. The van der Waals surface area contributed by atoms with Crippen molar-refractivity contribution in [3.63, 3.8) is 0 Å². The van der Waals surface area contributed by atoms with Gasteiger partial charge in [0.15, 0.2) is 0 Å². The SMILES string of the molecule is Cn1nccc1C=CC(=O)Nc1ccc(Br)cc1C(=O)O. The molecule has 108 valence electrons. The first-order chi connectivity index (χ1) is 9.97. The summed E-state index contributed by atoms with van der Waals surface area (Å²) in [6, 6.07) is 6.38. The minimum absolute atomic E-state index is 0.0201. The van der Waals surface area contributed by atoms with Crippen molar-refractivity contribution in [3.8, 4) is 0 Å².